The number of hydrogen-bond acceptors (Lipinski definition) is 4. The molecule has 7 heteroatoms. The van der Waals surface area contributed by atoms with E-state index in [4.69, 9.17) is 4.74 Å². The van der Waals surface area contributed by atoms with E-state index in [1.54, 1.807) is 18.1 Å². The van der Waals surface area contributed by atoms with Crippen molar-refractivity contribution < 1.29 is 14.3 Å². The lowest BCUT2D eigenvalue weighted by molar-refractivity contribution is -0.119. The molecular weight excluding hydrogens is 330 g/mol. The number of carbonyl (C=O) groups is 2. The smallest absolute Gasteiger partial charge is 0.241 e. The second-order valence-corrected chi connectivity index (χ2v) is 6.03. The molecule has 3 rings (SSSR count). The highest BCUT2D eigenvalue weighted by molar-refractivity contribution is 5.98. The summed E-state index contributed by atoms with van der Waals surface area (Å²) in [6, 6.07) is 5.31. The number of halogens is 1. The van der Waals surface area contributed by atoms with Crippen molar-refractivity contribution in [1.29, 1.82) is 0 Å². The second-order valence-electron chi connectivity index (χ2n) is 6.03. The molecule has 2 fully saturated rings. The van der Waals surface area contributed by atoms with Crippen LogP contribution < -0.4 is 20.3 Å². The lowest BCUT2D eigenvalue weighted by Crippen LogP contribution is -2.43. The van der Waals surface area contributed by atoms with Crippen LogP contribution in [-0.2, 0) is 9.59 Å². The van der Waals surface area contributed by atoms with Crippen LogP contribution in [0.15, 0.2) is 18.2 Å². The molecule has 0 aliphatic carbocycles. The highest BCUT2D eigenvalue weighted by Crippen LogP contribution is 2.33. The monoisotopic (exact) mass is 353 g/mol. The minimum absolute atomic E-state index is 0. The molecule has 24 heavy (non-hydrogen) atoms. The summed E-state index contributed by atoms with van der Waals surface area (Å²) in [6.07, 6.45) is 4.51. The number of nitrogens with one attached hydrogen (secondary N) is 2. The Balaban J connectivity index is 0.00000208. The zero-order valence-electron chi connectivity index (χ0n) is 13.8. The summed E-state index contributed by atoms with van der Waals surface area (Å²) in [6.45, 7) is 1.60. The fraction of sp³-hybridized carbons (Fsp3) is 0.529. The van der Waals surface area contributed by atoms with Crippen molar-refractivity contribution in [3.8, 4) is 5.75 Å². The van der Waals surface area contributed by atoms with Crippen LogP contribution in [0, 0.1) is 0 Å². The van der Waals surface area contributed by atoms with Crippen molar-refractivity contribution in [2.45, 2.75) is 38.1 Å². The number of piperidine rings is 1. The van der Waals surface area contributed by atoms with Gasteiger partial charge in [0.1, 0.15) is 5.75 Å². The number of benzene rings is 1. The Morgan fingerprint density at radius 2 is 2.17 bits per heavy atom. The molecule has 0 aromatic heterocycles. The molecule has 6 nitrogen and oxygen atoms in total. The highest BCUT2D eigenvalue weighted by atomic mass is 35.5. The van der Waals surface area contributed by atoms with E-state index in [9.17, 15) is 9.59 Å². The van der Waals surface area contributed by atoms with Gasteiger partial charge in [0.05, 0.1) is 18.8 Å². The summed E-state index contributed by atoms with van der Waals surface area (Å²) in [5.74, 6) is 0.706. The Bertz CT molecular complexity index is 603. The fourth-order valence-electron chi connectivity index (χ4n) is 3.19. The van der Waals surface area contributed by atoms with Gasteiger partial charge in [0.15, 0.2) is 0 Å². The second kappa shape index (κ2) is 8.35. The van der Waals surface area contributed by atoms with E-state index < -0.39 is 0 Å². The molecule has 0 bridgehead atoms. The molecule has 0 saturated carbocycles. The van der Waals surface area contributed by atoms with Gasteiger partial charge in [0.25, 0.3) is 0 Å². The Morgan fingerprint density at radius 1 is 1.33 bits per heavy atom. The third-order valence-corrected chi connectivity index (χ3v) is 4.44. The average Bonchev–Trinajstić information content (AvgIpc) is 3.01. The molecule has 0 spiro atoms. The molecule has 2 heterocycles. The van der Waals surface area contributed by atoms with E-state index in [2.05, 4.69) is 10.6 Å². The van der Waals surface area contributed by atoms with Crippen molar-refractivity contribution in [3.05, 3.63) is 18.2 Å². The Morgan fingerprint density at radius 3 is 2.79 bits per heavy atom. The molecule has 0 unspecified atom stereocenters. The van der Waals surface area contributed by atoms with Gasteiger partial charge in [-0.05, 0) is 37.9 Å². The standard InChI is InChI=1S/C17H23N3O3.ClH/c1-23-15-11-12(19-17(22)13-5-2-3-9-18-13)7-8-14(15)20-10-4-6-16(20)21;/h7-8,11,13,18H,2-6,9-10H2,1H3,(H,19,22);1H/t13-;/m0./s1. The Labute approximate surface area is 148 Å². The van der Waals surface area contributed by atoms with Gasteiger partial charge < -0.3 is 20.3 Å². The summed E-state index contributed by atoms with van der Waals surface area (Å²) in [5, 5.41) is 6.16. The van der Waals surface area contributed by atoms with Crippen LogP contribution in [0.1, 0.15) is 32.1 Å². The van der Waals surface area contributed by atoms with Gasteiger partial charge in [-0.1, -0.05) is 6.42 Å². The van der Waals surface area contributed by atoms with Crippen LogP contribution >= 0.6 is 12.4 Å². The van der Waals surface area contributed by atoms with Crippen molar-refractivity contribution >= 4 is 35.6 Å². The Kier molecular flexibility index (Phi) is 6.45. The molecule has 2 amide bonds. The predicted octanol–water partition coefficient (Wildman–Crippen LogP) is 2.32. The van der Waals surface area contributed by atoms with Gasteiger partial charge in [-0.15, -0.1) is 12.4 Å². The van der Waals surface area contributed by atoms with E-state index in [0.29, 0.717) is 24.4 Å². The van der Waals surface area contributed by atoms with Crippen molar-refractivity contribution in [3.63, 3.8) is 0 Å². The Hall–Kier alpha value is -1.79. The summed E-state index contributed by atoms with van der Waals surface area (Å²) >= 11 is 0. The largest absolute Gasteiger partial charge is 0.494 e. The number of ether oxygens (including phenoxy) is 1. The van der Waals surface area contributed by atoms with E-state index >= 15 is 0 Å². The average molecular weight is 354 g/mol. The zero-order chi connectivity index (χ0) is 16.2. The molecule has 2 aliphatic heterocycles. The molecule has 2 saturated heterocycles. The van der Waals surface area contributed by atoms with E-state index in [1.807, 2.05) is 12.1 Å². The maximum atomic E-state index is 12.3. The first kappa shape index (κ1) is 18.5. The molecule has 1 atom stereocenters. The molecule has 1 aromatic carbocycles. The van der Waals surface area contributed by atoms with Crippen molar-refractivity contribution in [2.75, 3.05) is 30.4 Å². The van der Waals surface area contributed by atoms with Crippen LogP contribution in [0.5, 0.6) is 5.75 Å². The summed E-state index contributed by atoms with van der Waals surface area (Å²) in [7, 11) is 1.58. The zero-order valence-corrected chi connectivity index (χ0v) is 14.7. The van der Waals surface area contributed by atoms with E-state index in [1.165, 1.54) is 0 Å². The predicted molar refractivity (Wildman–Crippen MR) is 96.1 cm³/mol. The highest BCUT2D eigenvalue weighted by Gasteiger charge is 2.25. The fourth-order valence-corrected chi connectivity index (χ4v) is 3.19. The maximum absolute atomic E-state index is 12.3. The van der Waals surface area contributed by atoms with Gasteiger partial charge in [-0.2, -0.15) is 0 Å². The first-order chi connectivity index (χ1) is 11.2. The van der Waals surface area contributed by atoms with Crippen LogP contribution in [0.4, 0.5) is 11.4 Å². The molecule has 1 aromatic rings. The summed E-state index contributed by atoms with van der Waals surface area (Å²) < 4.78 is 5.41. The van der Waals surface area contributed by atoms with Crippen LogP contribution in [0.25, 0.3) is 0 Å². The molecular formula is C17H24ClN3O3. The van der Waals surface area contributed by atoms with Gasteiger partial charge >= 0.3 is 0 Å². The first-order valence-corrected chi connectivity index (χ1v) is 8.21. The van der Waals surface area contributed by atoms with Gasteiger partial charge in [-0.25, -0.2) is 0 Å². The molecule has 0 radical (unpaired) electrons. The molecule has 2 N–H and O–H groups in total. The van der Waals surface area contributed by atoms with Crippen LogP contribution in [0.3, 0.4) is 0 Å². The van der Waals surface area contributed by atoms with E-state index in [-0.39, 0.29) is 30.3 Å². The van der Waals surface area contributed by atoms with Crippen LogP contribution in [-0.4, -0.2) is 38.1 Å². The number of rotatable bonds is 4. The SMILES string of the molecule is COc1cc(NC(=O)[C@@H]2CCCCN2)ccc1N1CCCC1=O.Cl. The number of methoxy groups -OCH3 is 1. The molecule has 2 aliphatic rings. The number of carbonyl (C=O) groups excluding carboxylic acids is 2. The summed E-state index contributed by atoms with van der Waals surface area (Å²) in [5.41, 5.74) is 1.46. The van der Waals surface area contributed by atoms with Gasteiger partial charge in [-0.3, -0.25) is 9.59 Å². The lowest BCUT2D eigenvalue weighted by atomic mass is 10.0. The first-order valence-electron chi connectivity index (χ1n) is 8.21. The normalized spacial score (nSPS) is 20.5. The third-order valence-electron chi connectivity index (χ3n) is 4.44. The number of hydrogen-bond donors (Lipinski definition) is 2. The van der Waals surface area contributed by atoms with Crippen molar-refractivity contribution in [2.24, 2.45) is 0 Å². The maximum Gasteiger partial charge on any atom is 0.241 e. The quantitative estimate of drug-likeness (QED) is 0.871. The number of anilines is 2. The van der Waals surface area contributed by atoms with Crippen molar-refractivity contribution in [1.82, 2.24) is 5.32 Å². The van der Waals surface area contributed by atoms with E-state index in [0.717, 1.165) is 37.9 Å². The minimum atomic E-state index is -0.130. The summed E-state index contributed by atoms with van der Waals surface area (Å²) in [4.78, 5) is 25.9. The number of amides is 2. The lowest BCUT2D eigenvalue weighted by Gasteiger charge is -2.23. The third kappa shape index (κ3) is 3.99. The number of nitrogens with zero attached hydrogens (tertiary/aromatic N) is 1. The van der Waals surface area contributed by atoms with Crippen LogP contribution in [0.2, 0.25) is 0 Å². The van der Waals surface area contributed by atoms with Gasteiger partial charge in [0.2, 0.25) is 11.8 Å². The topological polar surface area (TPSA) is 70.7 Å². The molecule has 132 valence electrons. The van der Waals surface area contributed by atoms with Gasteiger partial charge in [0, 0.05) is 24.7 Å². The minimum Gasteiger partial charge on any atom is -0.494 e.